The third kappa shape index (κ3) is 4.30. The Morgan fingerprint density at radius 1 is 1.33 bits per heavy atom. The van der Waals surface area contributed by atoms with Gasteiger partial charge >= 0.3 is 0 Å². The second-order valence-electron chi connectivity index (χ2n) is 5.87. The number of fused-ring (bicyclic) bond motifs is 1. The number of aryl methyl sites for hydroxylation is 1. The van der Waals surface area contributed by atoms with Crippen molar-refractivity contribution in [2.45, 2.75) is 13.0 Å². The molecule has 0 aliphatic heterocycles. The van der Waals surface area contributed by atoms with Crippen LogP contribution in [0, 0.1) is 11.3 Å². The van der Waals surface area contributed by atoms with Crippen LogP contribution in [0.15, 0.2) is 54.7 Å². The van der Waals surface area contributed by atoms with Crippen molar-refractivity contribution in [2.75, 3.05) is 12.4 Å². The Balaban J connectivity index is 1.83. The maximum Gasteiger partial charge on any atom is 0.248 e. The van der Waals surface area contributed by atoms with Crippen molar-refractivity contribution in [1.29, 1.82) is 5.26 Å². The van der Waals surface area contributed by atoms with E-state index < -0.39 is 0 Å². The summed E-state index contributed by atoms with van der Waals surface area (Å²) in [6.45, 7) is 0.608. The second kappa shape index (κ2) is 8.43. The number of rotatable bonds is 6. The van der Waals surface area contributed by atoms with Gasteiger partial charge in [-0.05, 0) is 30.3 Å². The predicted octanol–water partition coefficient (Wildman–Crippen LogP) is 4.87. The lowest BCUT2D eigenvalue weighted by Crippen LogP contribution is -2.08. The first-order valence-corrected chi connectivity index (χ1v) is 8.77. The topological polar surface area (TPSA) is 67.0 Å². The summed E-state index contributed by atoms with van der Waals surface area (Å²) in [5.74, 6) is 0.249. The van der Waals surface area contributed by atoms with Crippen LogP contribution >= 0.6 is 11.6 Å². The van der Waals surface area contributed by atoms with Crippen LogP contribution in [0.1, 0.15) is 12.0 Å². The number of nitrogens with one attached hydrogen (secondary N) is 1. The second-order valence-corrected chi connectivity index (χ2v) is 6.31. The average Bonchev–Trinajstić information content (AvgIpc) is 3.03. The minimum atomic E-state index is -0.288. The summed E-state index contributed by atoms with van der Waals surface area (Å²) in [6.07, 6.45) is 5.61. The average molecular weight is 380 g/mol. The number of methoxy groups -OCH3 is 1. The van der Waals surface area contributed by atoms with Crippen molar-refractivity contribution in [3.8, 4) is 11.8 Å². The van der Waals surface area contributed by atoms with Crippen LogP contribution in [-0.2, 0) is 11.3 Å². The number of anilines is 1. The number of nitrogens with zero attached hydrogens (tertiary/aromatic N) is 2. The zero-order valence-electron chi connectivity index (χ0n) is 14.8. The van der Waals surface area contributed by atoms with Crippen molar-refractivity contribution in [3.05, 3.63) is 65.3 Å². The maximum absolute atomic E-state index is 12.3. The van der Waals surface area contributed by atoms with E-state index in [-0.39, 0.29) is 5.91 Å². The largest absolute Gasteiger partial charge is 0.495 e. The molecule has 136 valence electrons. The van der Waals surface area contributed by atoms with Gasteiger partial charge in [-0.2, -0.15) is 5.26 Å². The van der Waals surface area contributed by atoms with Gasteiger partial charge in [0.15, 0.2) is 0 Å². The molecule has 0 atom stereocenters. The molecule has 27 heavy (non-hydrogen) atoms. The van der Waals surface area contributed by atoms with Gasteiger partial charge in [0.05, 0.1) is 25.3 Å². The molecule has 6 heteroatoms. The fourth-order valence-electron chi connectivity index (χ4n) is 2.88. The van der Waals surface area contributed by atoms with E-state index in [2.05, 4.69) is 11.4 Å². The summed E-state index contributed by atoms with van der Waals surface area (Å²) in [4.78, 5) is 12.3. The van der Waals surface area contributed by atoms with Gasteiger partial charge in [0, 0.05) is 40.3 Å². The molecule has 1 aromatic heterocycles. The van der Waals surface area contributed by atoms with Gasteiger partial charge in [-0.15, -0.1) is 0 Å². The molecular formula is C21H18ClN3O2. The molecule has 0 saturated heterocycles. The molecule has 2 aromatic carbocycles. The summed E-state index contributed by atoms with van der Waals surface area (Å²) < 4.78 is 7.26. The number of hydrogen-bond acceptors (Lipinski definition) is 3. The fraction of sp³-hybridized carbons (Fsp3) is 0.143. The van der Waals surface area contributed by atoms with Crippen LogP contribution in [0.25, 0.3) is 17.0 Å². The van der Waals surface area contributed by atoms with Gasteiger partial charge in [-0.25, -0.2) is 0 Å². The number of amides is 1. The van der Waals surface area contributed by atoms with Crippen LogP contribution < -0.4 is 10.1 Å². The highest BCUT2D eigenvalue weighted by atomic mass is 35.5. The molecule has 1 N–H and O–H groups in total. The number of carbonyl (C=O) groups is 1. The number of aromatic nitrogens is 1. The van der Waals surface area contributed by atoms with E-state index in [0.29, 0.717) is 29.4 Å². The van der Waals surface area contributed by atoms with E-state index in [1.165, 1.54) is 13.2 Å². The summed E-state index contributed by atoms with van der Waals surface area (Å²) in [5.41, 5.74) is 2.46. The van der Waals surface area contributed by atoms with Crippen LogP contribution in [0.5, 0.6) is 5.75 Å². The number of ether oxygens (including phenoxy) is 1. The molecule has 1 heterocycles. The van der Waals surface area contributed by atoms with E-state index in [1.54, 1.807) is 24.3 Å². The first-order chi connectivity index (χ1) is 13.1. The summed E-state index contributed by atoms with van der Waals surface area (Å²) in [7, 11) is 1.53. The highest BCUT2D eigenvalue weighted by Crippen LogP contribution is 2.28. The zero-order chi connectivity index (χ0) is 19.2. The van der Waals surface area contributed by atoms with E-state index in [1.807, 2.05) is 35.0 Å². The quantitative estimate of drug-likeness (QED) is 0.621. The van der Waals surface area contributed by atoms with Crippen LogP contribution in [0.3, 0.4) is 0 Å². The molecule has 0 aliphatic rings. The Morgan fingerprint density at radius 2 is 2.15 bits per heavy atom. The Morgan fingerprint density at radius 3 is 2.93 bits per heavy atom. The SMILES string of the molecule is COc1ccc(Cl)cc1NC(=O)/C=C/c1cn(CCC#N)c2ccccc12. The normalized spacial score (nSPS) is 10.9. The van der Waals surface area contributed by atoms with Gasteiger partial charge in [-0.3, -0.25) is 4.79 Å². The third-order valence-electron chi connectivity index (χ3n) is 4.12. The summed E-state index contributed by atoms with van der Waals surface area (Å²) in [6, 6.07) is 15.1. The Kier molecular flexibility index (Phi) is 5.80. The lowest BCUT2D eigenvalue weighted by atomic mass is 10.1. The molecule has 0 spiro atoms. The molecule has 5 nitrogen and oxygen atoms in total. The molecular weight excluding hydrogens is 362 g/mol. The lowest BCUT2D eigenvalue weighted by molar-refractivity contribution is -0.111. The number of benzene rings is 2. The first-order valence-electron chi connectivity index (χ1n) is 8.40. The first kappa shape index (κ1) is 18.6. The van der Waals surface area contributed by atoms with Crippen molar-refractivity contribution in [2.24, 2.45) is 0 Å². The zero-order valence-corrected chi connectivity index (χ0v) is 15.5. The van der Waals surface area contributed by atoms with Crippen molar-refractivity contribution >= 4 is 40.2 Å². The maximum atomic E-state index is 12.3. The third-order valence-corrected chi connectivity index (χ3v) is 4.35. The number of carbonyl (C=O) groups excluding carboxylic acids is 1. The highest BCUT2D eigenvalue weighted by molar-refractivity contribution is 6.31. The molecule has 0 unspecified atom stereocenters. The van der Waals surface area contributed by atoms with Gasteiger partial charge < -0.3 is 14.6 Å². The van der Waals surface area contributed by atoms with Crippen LogP contribution in [-0.4, -0.2) is 17.6 Å². The predicted molar refractivity (Wildman–Crippen MR) is 108 cm³/mol. The lowest BCUT2D eigenvalue weighted by Gasteiger charge is -2.08. The molecule has 0 aliphatic carbocycles. The van der Waals surface area contributed by atoms with E-state index in [9.17, 15) is 4.79 Å². The van der Waals surface area contributed by atoms with Crippen molar-refractivity contribution in [1.82, 2.24) is 4.57 Å². The summed E-state index contributed by atoms with van der Waals surface area (Å²) >= 11 is 5.99. The molecule has 3 rings (SSSR count). The van der Waals surface area contributed by atoms with Gasteiger partial charge in [-0.1, -0.05) is 29.8 Å². The molecule has 0 saturated carbocycles. The highest BCUT2D eigenvalue weighted by Gasteiger charge is 2.08. The number of para-hydroxylation sites is 1. The number of hydrogen-bond donors (Lipinski definition) is 1. The molecule has 1 amide bonds. The van der Waals surface area contributed by atoms with E-state index >= 15 is 0 Å². The van der Waals surface area contributed by atoms with Crippen LogP contribution in [0.4, 0.5) is 5.69 Å². The fourth-order valence-corrected chi connectivity index (χ4v) is 3.05. The number of halogens is 1. The van der Waals surface area contributed by atoms with Gasteiger partial charge in [0.1, 0.15) is 5.75 Å². The molecule has 0 radical (unpaired) electrons. The monoisotopic (exact) mass is 379 g/mol. The molecule has 0 bridgehead atoms. The molecule has 0 fully saturated rings. The Bertz CT molecular complexity index is 1050. The minimum Gasteiger partial charge on any atom is -0.495 e. The van der Waals surface area contributed by atoms with Gasteiger partial charge in [0.25, 0.3) is 0 Å². The summed E-state index contributed by atoms with van der Waals surface area (Å²) in [5, 5.41) is 13.1. The number of nitriles is 1. The standard InChI is InChI=1S/C21H18ClN3O2/c1-27-20-9-8-16(22)13-18(20)24-21(26)10-7-15-14-25(12-4-11-23)19-6-3-2-5-17(15)19/h2-3,5-10,13-14H,4,12H2,1H3,(H,24,26)/b10-7+. The van der Waals surface area contributed by atoms with E-state index in [0.717, 1.165) is 16.5 Å². The molecule has 3 aromatic rings. The van der Waals surface area contributed by atoms with Crippen molar-refractivity contribution < 1.29 is 9.53 Å². The van der Waals surface area contributed by atoms with Crippen LogP contribution in [0.2, 0.25) is 5.02 Å². The van der Waals surface area contributed by atoms with E-state index in [4.69, 9.17) is 21.6 Å². The Labute approximate surface area is 162 Å². The Hall–Kier alpha value is -3.23. The van der Waals surface area contributed by atoms with Crippen molar-refractivity contribution in [3.63, 3.8) is 0 Å². The minimum absolute atomic E-state index is 0.288. The smallest absolute Gasteiger partial charge is 0.248 e. The van der Waals surface area contributed by atoms with Gasteiger partial charge in [0.2, 0.25) is 5.91 Å².